The van der Waals surface area contributed by atoms with Crippen LogP contribution in [0.3, 0.4) is 0 Å². The van der Waals surface area contributed by atoms with Gasteiger partial charge in [-0.1, -0.05) is 37.3 Å². The molecule has 0 spiro atoms. The van der Waals surface area contributed by atoms with Gasteiger partial charge < -0.3 is 20.7 Å². The molecule has 0 aliphatic heterocycles. The quantitative estimate of drug-likeness (QED) is 0.326. The van der Waals surface area contributed by atoms with E-state index in [2.05, 4.69) is 40.0 Å². The van der Waals surface area contributed by atoms with Crippen LogP contribution < -0.4 is 16.0 Å². The molecule has 25 heavy (non-hydrogen) atoms. The van der Waals surface area contributed by atoms with E-state index in [4.69, 9.17) is 4.74 Å². The first kappa shape index (κ1) is 21.0. The predicted octanol–water partition coefficient (Wildman–Crippen LogP) is 2.24. The Morgan fingerprint density at radius 2 is 1.88 bits per heavy atom. The van der Waals surface area contributed by atoms with E-state index in [1.54, 1.807) is 0 Å². The first-order valence-corrected chi connectivity index (χ1v) is 9.12. The first-order valence-electron chi connectivity index (χ1n) is 9.12. The van der Waals surface area contributed by atoms with Crippen molar-refractivity contribution in [3.8, 4) is 0 Å². The lowest BCUT2D eigenvalue weighted by Gasteiger charge is -2.14. The van der Waals surface area contributed by atoms with Gasteiger partial charge in [-0.3, -0.25) is 4.79 Å². The number of nitrogens with one attached hydrogen (secondary N) is 3. The first-order chi connectivity index (χ1) is 12.2. The van der Waals surface area contributed by atoms with Crippen molar-refractivity contribution in [1.29, 1.82) is 0 Å². The molecule has 1 rings (SSSR count). The Hall–Kier alpha value is -2.08. The monoisotopic (exact) mass is 348 g/mol. The van der Waals surface area contributed by atoms with Gasteiger partial charge >= 0.3 is 0 Å². The zero-order valence-corrected chi connectivity index (χ0v) is 15.7. The summed E-state index contributed by atoms with van der Waals surface area (Å²) in [6.07, 6.45) is 1.88. The molecule has 0 saturated carbocycles. The van der Waals surface area contributed by atoms with E-state index in [-0.39, 0.29) is 18.6 Å². The Balaban J connectivity index is 2.24. The molecule has 3 N–H and O–H groups in total. The minimum absolute atomic E-state index is 0.0564. The van der Waals surface area contributed by atoms with Crippen molar-refractivity contribution in [2.24, 2.45) is 4.99 Å². The third-order valence-corrected chi connectivity index (χ3v) is 3.55. The summed E-state index contributed by atoms with van der Waals surface area (Å²) in [5, 5.41) is 9.17. The van der Waals surface area contributed by atoms with Crippen molar-refractivity contribution in [1.82, 2.24) is 16.0 Å². The second kappa shape index (κ2) is 13.2. The molecule has 0 fully saturated rings. The van der Waals surface area contributed by atoms with Crippen LogP contribution in [-0.2, 0) is 9.53 Å². The third-order valence-electron chi connectivity index (χ3n) is 3.55. The lowest BCUT2D eigenvalue weighted by Crippen LogP contribution is -2.39. The lowest BCUT2D eigenvalue weighted by molar-refractivity contribution is -0.119. The van der Waals surface area contributed by atoms with Gasteiger partial charge in [-0.05, 0) is 32.3 Å². The Morgan fingerprint density at radius 1 is 1.12 bits per heavy atom. The molecule has 6 nitrogen and oxygen atoms in total. The molecule has 1 aromatic rings. The summed E-state index contributed by atoms with van der Waals surface area (Å²) >= 11 is 0. The molecule has 0 aliphatic rings. The van der Waals surface area contributed by atoms with Crippen molar-refractivity contribution in [3.63, 3.8) is 0 Å². The summed E-state index contributed by atoms with van der Waals surface area (Å²) < 4.78 is 5.85. The van der Waals surface area contributed by atoms with Gasteiger partial charge in [0.05, 0.1) is 6.10 Å². The van der Waals surface area contributed by atoms with Crippen LogP contribution in [0.2, 0.25) is 0 Å². The molecule has 0 heterocycles. The van der Waals surface area contributed by atoms with Gasteiger partial charge in [0.2, 0.25) is 5.91 Å². The van der Waals surface area contributed by atoms with Gasteiger partial charge in [-0.25, -0.2) is 4.99 Å². The fraction of sp³-hybridized carbons (Fsp3) is 0.579. The Morgan fingerprint density at radius 3 is 2.56 bits per heavy atom. The normalized spacial score (nSPS) is 12.5. The van der Waals surface area contributed by atoms with Crippen molar-refractivity contribution in [2.75, 3.05) is 32.8 Å². The molecule has 0 aliphatic carbocycles. The second-order valence-electron chi connectivity index (χ2n) is 5.75. The van der Waals surface area contributed by atoms with E-state index in [1.165, 1.54) is 5.56 Å². The van der Waals surface area contributed by atoms with Crippen molar-refractivity contribution >= 4 is 11.9 Å². The third kappa shape index (κ3) is 9.72. The lowest BCUT2D eigenvalue weighted by atomic mass is 10.1. The standard InChI is InChI=1S/C19H32N4O2/c1-4-12-21-18(24)15-23-19(20-5-2)22-13-9-14-25-16(3)17-10-7-6-8-11-17/h6-8,10-11,16H,4-5,9,12-15H2,1-3H3,(H,21,24)(H2,20,22,23). The van der Waals surface area contributed by atoms with Gasteiger partial charge in [0.1, 0.15) is 6.54 Å². The SMILES string of the molecule is CCCNC(=O)CN=C(NCC)NCCCOC(C)c1ccccc1. The molecule has 1 unspecified atom stereocenters. The smallest absolute Gasteiger partial charge is 0.241 e. The number of amides is 1. The maximum atomic E-state index is 11.6. The largest absolute Gasteiger partial charge is 0.374 e. The molecule has 1 atom stereocenters. The molecule has 0 saturated heterocycles. The summed E-state index contributed by atoms with van der Waals surface area (Å²) in [4.78, 5) is 15.9. The summed E-state index contributed by atoms with van der Waals surface area (Å²) in [6.45, 7) is 9.07. The van der Waals surface area contributed by atoms with Gasteiger partial charge in [0, 0.05) is 26.2 Å². The summed E-state index contributed by atoms with van der Waals surface area (Å²) in [5.41, 5.74) is 1.18. The highest BCUT2D eigenvalue weighted by Gasteiger charge is 2.05. The number of aliphatic imine (C=N–C) groups is 1. The number of carbonyl (C=O) groups excluding carboxylic acids is 1. The fourth-order valence-electron chi connectivity index (χ4n) is 2.17. The van der Waals surface area contributed by atoms with E-state index in [1.807, 2.05) is 32.0 Å². The number of rotatable bonds is 11. The highest BCUT2D eigenvalue weighted by Crippen LogP contribution is 2.15. The van der Waals surface area contributed by atoms with Crippen LogP contribution in [-0.4, -0.2) is 44.7 Å². The maximum Gasteiger partial charge on any atom is 0.241 e. The minimum Gasteiger partial charge on any atom is -0.374 e. The number of carbonyl (C=O) groups is 1. The van der Waals surface area contributed by atoms with Crippen molar-refractivity contribution < 1.29 is 9.53 Å². The number of guanidine groups is 1. The zero-order chi connectivity index (χ0) is 18.3. The minimum atomic E-state index is -0.0564. The molecular formula is C19H32N4O2. The fourth-order valence-corrected chi connectivity index (χ4v) is 2.17. The molecule has 0 aromatic heterocycles. The van der Waals surface area contributed by atoms with Crippen LogP contribution in [0.1, 0.15) is 45.3 Å². The summed E-state index contributed by atoms with van der Waals surface area (Å²) in [7, 11) is 0. The van der Waals surface area contributed by atoms with Crippen LogP contribution in [0.15, 0.2) is 35.3 Å². The summed E-state index contributed by atoms with van der Waals surface area (Å²) in [5.74, 6) is 0.601. The average Bonchev–Trinajstić information content (AvgIpc) is 2.64. The van der Waals surface area contributed by atoms with Crippen molar-refractivity contribution in [3.05, 3.63) is 35.9 Å². The Bertz CT molecular complexity index is 505. The van der Waals surface area contributed by atoms with E-state index in [0.29, 0.717) is 19.1 Å². The van der Waals surface area contributed by atoms with Gasteiger partial charge in [0.25, 0.3) is 0 Å². The molecular weight excluding hydrogens is 316 g/mol. The average molecular weight is 348 g/mol. The van der Waals surface area contributed by atoms with Gasteiger partial charge in [0.15, 0.2) is 5.96 Å². The van der Waals surface area contributed by atoms with Crippen molar-refractivity contribution in [2.45, 2.75) is 39.7 Å². The van der Waals surface area contributed by atoms with Gasteiger partial charge in [-0.2, -0.15) is 0 Å². The van der Waals surface area contributed by atoms with Crippen LogP contribution in [0.25, 0.3) is 0 Å². The molecule has 0 radical (unpaired) electrons. The molecule has 1 aromatic carbocycles. The predicted molar refractivity (Wildman–Crippen MR) is 103 cm³/mol. The van der Waals surface area contributed by atoms with Gasteiger partial charge in [-0.15, -0.1) is 0 Å². The second-order valence-corrected chi connectivity index (χ2v) is 5.75. The van der Waals surface area contributed by atoms with Crippen LogP contribution >= 0.6 is 0 Å². The van der Waals surface area contributed by atoms with Crippen LogP contribution in [0.4, 0.5) is 0 Å². The maximum absolute atomic E-state index is 11.6. The number of nitrogens with zero attached hydrogens (tertiary/aromatic N) is 1. The topological polar surface area (TPSA) is 74.8 Å². The van der Waals surface area contributed by atoms with E-state index < -0.39 is 0 Å². The molecule has 6 heteroatoms. The van der Waals surface area contributed by atoms with E-state index >= 15 is 0 Å². The number of hydrogen-bond donors (Lipinski definition) is 3. The Kier molecular flexibility index (Phi) is 11.1. The number of ether oxygens (including phenoxy) is 1. The highest BCUT2D eigenvalue weighted by molar-refractivity contribution is 5.84. The highest BCUT2D eigenvalue weighted by atomic mass is 16.5. The zero-order valence-electron chi connectivity index (χ0n) is 15.7. The molecule has 1 amide bonds. The summed E-state index contributed by atoms with van der Waals surface area (Å²) in [6, 6.07) is 10.2. The number of hydrogen-bond acceptors (Lipinski definition) is 3. The van der Waals surface area contributed by atoms with Crippen LogP contribution in [0, 0.1) is 0 Å². The molecule has 140 valence electrons. The molecule has 0 bridgehead atoms. The number of benzene rings is 1. The van der Waals surface area contributed by atoms with Crippen LogP contribution in [0.5, 0.6) is 0 Å². The van der Waals surface area contributed by atoms with E-state index in [9.17, 15) is 4.79 Å². The van der Waals surface area contributed by atoms with E-state index in [0.717, 1.165) is 25.9 Å². The Labute approximate surface area is 151 Å².